The summed E-state index contributed by atoms with van der Waals surface area (Å²) in [5.74, 6) is 0. The molecule has 5 aromatic carbocycles. The summed E-state index contributed by atoms with van der Waals surface area (Å²) >= 11 is 0. The fourth-order valence-corrected chi connectivity index (χ4v) is 14.2. The smallest absolute Gasteiger partial charge is 0.252 e. The van der Waals surface area contributed by atoms with Crippen molar-refractivity contribution in [1.29, 1.82) is 0 Å². The van der Waals surface area contributed by atoms with Crippen molar-refractivity contribution >= 4 is 57.2 Å². The largest absolute Gasteiger partial charge is 0.311 e. The SMILES string of the molecule is Cc1cc2c(cc1N1c3ccc(C(C)(C)C)cc3B3c4cc5c(cc4N(c4cc6c(cc4C)C(C)(C)CC6(C)C)c4cc(C(C)(C)C)cc1c43)C(C)(C)CCC5(C)C)C(C)(C)CC2(C)C. The van der Waals surface area contributed by atoms with Gasteiger partial charge in [0.05, 0.1) is 0 Å². The Morgan fingerprint density at radius 2 is 0.754 bits per heavy atom. The van der Waals surface area contributed by atoms with Crippen LogP contribution in [-0.4, -0.2) is 6.71 Å². The van der Waals surface area contributed by atoms with Crippen LogP contribution in [0.1, 0.15) is 206 Å². The van der Waals surface area contributed by atoms with Crippen LogP contribution in [0.25, 0.3) is 0 Å². The van der Waals surface area contributed by atoms with Crippen molar-refractivity contribution in [2.45, 2.75) is 207 Å². The molecular formula is C62H79BN2. The predicted octanol–water partition coefficient (Wildman–Crippen LogP) is 15.2. The van der Waals surface area contributed by atoms with E-state index in [1.54, 1.807) is 0 Å². The van der Waals surface area contributed by atoms with Gasteiger partial charge in [-0.2, -0.15) is 0 Å². The summed E-state index contributed by atoms with van der Waals surface area (Å²) in [7, 11) is 0. The molecule has 0 saturated heterocycles. The Bertz CT molecular complexity index is 2880. The Morgan fingerprint density at radius 3 is 1.20 bits per heavy atom. The average molecular weight is 863 g/mol. The molecule has 0 spiro atoms. The molecular weight excluding hydrogens is 784 g/mol. The number of nitrogens with zero attached hydrogens (tertiary/aromatic N) is 2. The summed E-state index contributed by atoms with van der Waals surface area (Å²) in [5.41, 5.74) is 27.3. The van der Waals surface area contributed by atoms with Crippen molar-refractivity contribution in [1.82, 2.24) is 0 Å². The monoisotopic (exact) mass is 863 g/mol. The van der Waals surface area contributed by atoms with Crippen LogP contribution in [0.5, 0.6) is 0 Å². The highest BCUT2D eigenvalue weighted by Gasteiger charge is 2.50. The van der Waals surface area contributed by atoms with Crippen LogP contribution in [0.3, 0.4) is 0 Å². The van der Waals surface area contributed by atoms with Gasteiger partial charge >= 0.3 is 0 Å². The van der Waals surface area contributed by atoms with Gasteiger partial charge in [0.15, 0.2) is 0 Å². The molecule has 0 N–H and O–H groups in total. The first-order chi connectivity index (χ1) is 29.8. The maximum atomic E-state index is 2.77. The van der Waals surface area contributed by atoms with Gasteiger partial charge in [-0.1, -0.05) is 155 Å². The molecule has 0 fully saturated rings. The molecule has 65 heavy (non-hydrogen) atoms. The standard InChI is InChI=1S/C62H79BN2/c1-36-25-40-44(61(17,18)34-59(40,13)14)31-49(36)64-48-22-21-38(55(3,4)5)27-46(48)63-47-30-42-43(58(11,12)24-23-57(42,9)10)33-51(47)65(53-29-39(56(6,7)8)28-52(64)54(53)63)50-32-45-41(26-37(50)2)60(15,16)35-62(45,19)20/h21-22,25-33H,23-24,34-35H2,1-20H3. The van der Waals surface area contributed by atoms with E-state index in [-0.39, 0.29) is 50.0 Å². The first kappa shape index (κ1) is 44.6. The van der Waals surface area contributed by atoms with Crippen LogP contribution in [0, 0.1) is 13.8 Å². The van der Waals surface area contributed by atoms with Gasteiger partial charge in [-0.3, -0.25) is 0 Å². The Kier molecular flexibility index (Phi) is 9.10. The zero-order valence-electron chi connectivity index (χ0n) is 44.2. The van der Waals surface area contributed by atoms with Crippen LogP contribution in [0.4, 0.5) is 34.1 Å². The van der Waals surface area contributed by atoms with Crippen LogP contribution in [0.15, 0.2) is 66.7 Å². The minimum atomic E-state index is -0.0884. The summed E-state index contributed by atoms with van der Waals surface area (Å²) < 4.78 is 0. The molecule has 0 aromatic heterocycles. The maximum absolute atomic E-state index is 2.77. The van der Waals surface area contributed by atoms with Crippen molar-refractivity contribution in [3.8, 4) is 0 Å². The molecule has 0 saturated carbocycles. The molecule has 5 aromatic rings. The Balaban J connectivity index is 1.38. The molecule has 3 aliphatic carbocycles. The fraction of sp³-hybridized carbons (Fsp3) is 0.516. The van der Waals surface area contributed by atoms with Crippen molar-refractivity contribution in [2.24, 2.45) is 0 Å². The molecule has 0 atom stereocenters. The van der Waals surface area contributed by atoms with E-state index in [9.17, 15) is 0 Å². The molecule has 3 heteroatoms. The molecule has 340 valence electrons. The number of anilines is 6. The summed E-state index contributed by atoms with van der Waals surface area (Å²) in [6, 6.07) is 28.6. The Labute approximate surface area is 395 Å². The number of aryl methyl sites for hydroxylation is 2. The van der Waals surface area contributed by atoms with E-state index in [1.807, 2.05) is 0 Å². The van der Waals surface area contributed by atoms with Crippen LogP contribution >= 0.6 is 0 Å². The average Bonchev–Trinajstić information content (AvgIpc) is 3.47. The number of benzene rings is 5. The minimum Gasteiger partial charge on any atom is -0.311 e. The zero-order chi connectivity index (χ0) is 47.3. The van der Waals surface area contributed by atoms with Gasteiger partial charge in [0.1, 0.15) is 0 Å². The molecule has 0 radical (unpaired) electrons. The van der Waals surface area contributed by atoms with Gasteiger partial charge in [0.2, 0.25) is 0 Å². The van der Waals surface area contributed by atoms with Crippen molar-refractivity contribution < 1.29 is 0 Å². The van der Waals surface area contributed by atoms with Crippen molar-refractivity contribution in [2.75, 3.05) is 9.80 Å². The molecule has 0 amide bonds. The highest BCUT2D eigenvalue weighted by atomic mass is 15.2. The highest BCUT2D eigenvalue weighted by Crippen LogP contribution is 2.57. The Morgan fingerprint density at radius 1 is 0.385 bits per heavy atom. The van der Waals surface area contributed by atoms with Gasteiger partial charge in [0, 0.05) is 34.1 Å². The van der Waals surface area contributed by atoms with E-state index >= 15 is 0 Å². The van der Waals surface area contributed by atoms with E-state index < -0.39 is 0 Å². The zero-order valence-corrected chi connectivity index (χ0v) is 44.2. The molecule has 2 aliphatic heterocycles. The lowest BCUT2D eigenvalue weighted by atomic mass is 9.32. The van der Waals surface area contributed by atoms with Crippen molar-refractivity contribution in [3.05, 3.63) is 122 Å². The number of rotatable bonds is 2. The van der Waals surface area contributed by atoms with E-state index in [0.29, 0.717) is 0 Å². The van der Waals surface area contributed by atoms with Crippen LogP contribution in [0.2, 0.25) is 0 Å². The summed E-state index contributed by atoms with van der Waals surface area (Å²) in [6.07, 6.45) is 4.68. The normalized spacial score (nSPS) is 21.0. The summed E-state index contributed by atoms with van der Waals surface area (Å²) in [5, 5.41) is 0. The van der Waals surface area contributed by atoms with E-state index in [2.05, 4.69) is 215 Å². The quantitative estimate of drug-likeness (QED) is 0.160. The van der Waals surface area contributed by atoms with E-state index in [0.717, 1.165) is 12.8 Å². The number of fused-ring (bicyclic) bond motifs is 7. The lowest BCUT2D eigenvalue weighted by Gasteiger charge is -2.48. The third-order valence-electron chi connectivity index (χ3n) is 17.6. The maximum Gasteiger partial charge on any atom is 0.252 e. The van der Waals surface area contributed by atoms with Crippen LogP contribution < -0.4 is 26.2 Å². The molecule has 10 rings (SSSR count). The minimum absolute atomic E-state index is 0.00827. The number of hydrogen-bond acceptors (Lipinski definition) is 2. The second kappa shape index (κ2) is 13.3. The lowest BCUT2D eigenvalue weighted by molar-refractivity contribution is 0.332. The van der Waals surface area contributed by atoms with Gasteiger partial charge < -0.3 is 9.80 Å². The molecule has 2 nitrogen and oxygen atoms in total. The van der Waals surface area contributed by atoms with Gasteiger partial charge in [-0.25, -0.2) is 0 Å². The molecule has 5 aliphatic rings. The topological polar surface area (TPSA) is 6.48 Å². The third kappa shape index (κ3) is 6.46. The van der Waals surface area contributed by atoms with Crippen molar-refractivity contribution in [3.63, 3.8) is 0 Å². The first-order valence-electron chi connectivity index (χ1n) is 25.2. The molecule has 2 heterocycles. The second-order valence-corrected chi connectivity index (χ2v) is 27.8. The third-order valence-corrected chi connectivity index (χ3v) is 17.6. The van der Waals surface area contributed by atoms with Gasteiger partial charge in [-0.15, -0.1) is 0 Å². The fourth-order valence-electron chi connectivity index (χ4n) is 14.2. The summed E-state index contributed by atoms with van der Waals surface area (Å²) in [4.78, 5) is 5.49. The lowest BCUT2D eigenvalue weighted by Crippen LogP contribution is -2.62. The molecule has 0 bridgehead atoms. The number of hydrogen-bond donors (Lipinski definition) is 0. The second-order valence-electron chi connectivity index (χ2n) is 27.8. The van der Waals surface area contributed by atoms with E-state index in [4.69, 9.17) is 0 Å². The summed E-state index contributed by atoms with van der Waals surface area (Å²) in [6.45, 7) is 48.9. The highest BCUT2D eigenvalue weighted by molar-refractivity contribution is 7.00. The predicted molar refractivity (Wildman–Crippen MR) is 284 cm³/mol. The van der Waals surface area contributed by atoms with Crippen LogP contribution in [-0.2, 0) is 43.3 Å². The van der Waals surface area contributed by atoms with Gasteiger partial charge in [0.25, 0.3) is 6.71 Å². The van der Waals surface area contributed by atoms with E-state index in [1.165, 1.54) is 119 Å². The molecule has 0 unspecified atom stereocenters. The Hall–Kier alpha value is -4.24. The first-order valence-corrected chi connectivity index (χ1v) is 25.2. The van der Waals surface area contributed by atoms with Gasteiger partial charge in [-0.05, 0) is 191 Å².